The number of rotatable bonds is 5. The predicted octanol–water partition coefficient (Wildman–Crippen LogP) is 2.66. The van der Waals surface area contributed by atoms with Crippen molar-refractivity contribution in [1.82, 2.24) is 4.98 Å². The van der Waals surface area contributed by atoms with E-state index in [0.717, 1.165) is 5.56 Å². The zero-order valence-electron chi connectivity index (χ0n) is 10.8. The van der Waals surface area contributed by atoms with Crippen LogP contribution in [0.3, 0.4) is 0 Å². The number of para-hydroxylation sites is 2. The third-order valence-electron chi connectivity index (χ3n) is 2.55. The van der Waals surface area contributed by atoms with E-state index in [-0.39, 0.29) is 5.91 Å². The number of hydrogen-bond donors (Lipinski definition) is 1. The summed E-state index contributed by atoms with van der Waals surface area (Å²) >= 11 is 0. The van der Waals surface area contributed by atoms with Crippen LogP contribution in [0.4, 0.5) is 5.69 Å². The van der Waals surface area contributed by atoms with E-state index in [2.05, 4.69) is 10.3 Å². The van der Waals surface area contributed by atoms with Gasteiger partial charge in [-0.3, -0.25) is 9.78 Å². The zero-order valence-corrected chi connectivity index (χ0v) is 10.8. The molecule has 0 fully saturated rings. The molecule has 0 spiro atoms. The molecule has 2 aromatic rings. The topological polar surface area (TPSA) is 51.2 Å². The summed E-state index contributed by atoms with van der Waals surface area (Å²) in [6.45, 7) is 2.48. The van der Waals surface area contributed by atoms with Crippen LogP contribution in [0.15, 0.2) is 48.8 Å². The molecule has 1 aromatic heterocycles. The number of benzene rings is 1. The van der Waals surface area contributed by atoms with Gasteiger partial charge in [-0.15, -0.1) is 0 Å². The average Bonchev–Trinajstić information content (AvgIpc) is 2.42. The Bertz CT molecular complexity index is 541. The Morgan fingerprint density at radius 1 is 1.26 bits per heavy atom. The van der Waals surface area contributed by atoms with Gasteiger partial charge in [0.1, 0.15) is 5.75 Å². The van der Waals surface area contributed by atoms with Gasteiger partial charge < -0.3 is 10.1 Å². The Morgan fingerprint density at radius 2 is 2.11 bits per heavy atom. The quantitative estimate of drug-likeness (QED) is 0.894. The van der Waals surface area contributed by atoms with Gasteiger partial charge in [0.25, 0.3) is 0 Å². The average molecular weight is 256 g/mol. The van der Waals surface area contributed by atoms with E-state index in [9.17, 15) is 4.79 Å². The molecule has 19 heavy (non-hydrogen) atoms. The number of amides is 1. The Balaban J connectivity index is 2.03. The van der Waals surface area contributed by atoms with Crippen LogP contribution in [-0.4, -0.2) is 17.5 Å². The van der Waals surface area contributed by atoms with Crippen molar-refractivity contribution in [3.8, 4) is 5.75 Å². The molecule has 0 aliphatic rings. The van der Waals surface area contributed by atoms with Crippen LogP contribution in [0, 0.1) is 0 Å². The van der Waals surface area contributed by atoms with E-state index in [0.29, 0.717) is 24.5 Å². The van der Waals surface area contributed by atoms with Gasteiger partial charge >= 0.3 is 0 Å². The van der Waals surface area contributed by atoms with Crippen LogP contribution >= 0.6 is 0 Å². The van der Waals surface area contributed by atoms with Crippen molar-refractivity contribution in [3.05, 3.63) is 54.4 Å². The number of aromatic nitrogens is 1. The van der Waals surface area contributed by atoms with Crippen LogP contribution in [-0.2, 0) is 11.2 Å². The first-order valence-corrected chi connectivity index (χ1v) is 6.20. The molecule has 0 saturated heterocycles. The van der Waals surface area contributed by atoms with Crippen molar-refractivity contribution in [3.63, 3.8) is 0 Å². The van der Waals surface area contributed by atoms with Crippen LogP contribution < -0.4 is 10.1 Å². The number of pyridine rings is 1. The van der Waals surface area contributed by atoms with E-state index >= 15 is 0 Å². The van der Waals surface area contributed by atoms with Crippen LogP contribution in [0.2, 0.25) is 0 Å². The molecule has 0 radical (unpaired) electrons. The fourth-order valence-electron chi connectivity index (χ4n) is 1.73. The lowest BCUT2D eigenvalue weighted by Gasteiger charge is -2.11. The summed E-state index contributed by atoms with van der Waals surface area (Å²) < 4.78 is 5.46. The Kier molecular flexibility index (Phi) is 4.50. The number of ether oxygens (including phenoxy) is 1. The minimum absolute atomic E-state index is 0.0832. The van der Waals surface area contributed by atoms with E-state index in [1.165, 1.54) is 0 Å². The van der Waals surface area contributed by atoms with Crippen molar-refractivity contribution in [2.45, 2.75) is 13.3 Å². The maximum atomic E-state index is 11.9. The molecule has 0 aliphatic carbocycles. The SMILES string of the molecule is CCOc1ccccc1NC(=O)Cc1cccnc1. The van der Waals surface area contributed by atoms with Gasteiger partial charge in [0.05, 0.1) is 18.7 Å². The van der Waals surface area contributed by atoms with Gasteiger partial charge in [0.15, 0.2) is 0 Å². The molecule has 1 amide bonds. The van der Waals surface area contributed by atoms with Gasteiger partial charge in [-0.1, -0.05) is 18.2 Å². The molecule has 98 valence electrons. The van der Waals surface area contributed by atoms with Crippen molar-refractivity contribution < 1.29 is 9.53 Å². The monoisotopic (exact) mass is 256 g/mol. The second-order valence-electron chi connectivity index (χ2n) is 4.02. The normalized spacial score (nSPS) is 9.95. The number of hydrogen-bond acceptors (Lipinski definition) is 3. The summed E-state index contributed by atoms with van der Waals surface area (Å²) in [5.74, 6) is 0.602. The third kappa shape index (κ3) is 3.81. The van der Waals surface area contributed by atoms with Gasteiger partial charge in [0.2, 0.25) is 5.91 Å². The number of carbonyl (C=O) groups is 1. The number of carbonyl (C=O) groups excluding carboxylic acids is 1. The Hall–Kier alpha value is -2.36. The smallest absolute Gasteiger partial charge is 0.228 e. The van der Waals surface area contributed by atoms with Gasteiger partial charge in [0, 0.05) is 12.4 Å². The van der Waals surface area contributed by atoms with E-state index in [4.69, 9.17) is 4.74 Å². The highest BCUT2D eigenvalue weighted by molar-refractivity contribution is 5.93. The summed E-state index contributed by atoms with van der Waals surface area (Å²) in [5, 5.41) is 2.85. The summed E-state index contributed by atoms with van der Waals surface area (Å²) in [6.07, 6.45) is 3.67. The van der Waals surface area contributed by atoms with Crippen molar-refractivity contribution in [2.75, 3.05) is 11.9 Å². The number of anilines is 1. The lowest BCUT2D eigenvalue weighted by atomic mass is 10.2. The molecule has 4 nitrogen and oxygen atoms in total. The van der Waals surface area contributed by atoms with Crippen molar-refractivity contribution in [2.24, 2.45) is 0 Å². The molecule has 1 N–H and O–H groups in total. The molecular formula is C15H16N2O2. The fourth-order valence-corrected chi connectivity index (χ4v) is 1.73. The summed E-state index contributed by atoms with van der Waals surface area (Å²) in [7, 11) is 0. The molecule has 1 heterocycles. The fraction of sp³-hybridized carbons (Fsp3) is 0.200. The lowest BCUT2D eigenvalue weighted by molar-refractivity contribution is -0.115. The molecule has 0 unspecified atom stereocenters. The third-order valence-corrected chi connectivity index (χ3v) is 2.55. The molecule has 2 rings (SSSR count). The standard InChI is InChI=1S/C15H16N2O2/c1-2-19-14-8-4-3-7-13(14)17-15(18)10-12-6-5-9-16-11-12/h3-9,11H,2,10H2,1H3,(H,17,18). The minimum Gasteiger partial charge on any atom is -0.492 e. The maximum absolute atomic E-state index is 11.9. The summed E-state index contributed by atoms with van der Waals surface area (Å²) in [6, 6.07) is 11.1. The minimum atomic E-state index is -0.0832. The zero-order chi connectivity index (χ0) is 13.5. The lowest BCUT2D eigenvalue weighted by Crippen LogP contribution is -2.15. The van der Waals surface area contributed by atoms with Crippen molar-refractivity contribution >= 4 is 11.6 Å². The van der Waals surface area contributed by atoms with Crippen LogP contribution in [0.1, 0.15) is 12.5 Å². The maximum Gasteiger partial charge on any atom is 0.228 e. The molecular weight excluding hydrogens is 240 g/mol. The Labute approximate surface area is 112 Å². The molecule has 0 aliphatic heterocycles. The molecule has 1 aromatic carbocycles. The highest BCUT2D eigenvalue weighted by atomic mass is 16.5. The summed E-state index contributed by atoms with van der Waals surface area (Å²) in [4.78, 5) is 15.9. The first kappa shape index (κ1) is 13.1. The first-order valence-electron chi connectivity index (χ1n) is 6.20. The molecule has 4 heteroatoms. The second kappa shape index (κ2) is 6.54. The van der Waals surface area contributed by atoms with Crippen molar-refractivity contribution in [1.29, 1.82) is 0 Å². The Morgan fingerprint density at radius 3 is 2.84 bits per heavy atom. The molecule has 0 atom stereocenters. The second-order valence-corrected chi connectivity index (χ2v) is 4.02. The number of nitrogens with zero attached hydrogens (tertiary/aromatic N) is 1. The first-order chi connectivity index (χ1) is 9.29. The van der Waals surface area contributed by atoms with E-state index < -0.39 is 0 Å². The predicted molar refractivity (Wildman–Crippen MR) is 74.2 cm³/mol. The van der Waals surface area contributed by atoms with Gasteiger partial charge in [-0.2, -0.15) is 0 Å². The molecule has 0 saturated carbocycles. The summed E-state index contributed by atoms with van der Waals surface area (Å²) in [5.41, 5.74) is 1.58. The largest absolute Gasteiger partial charge is 0.492 e. The highest BCUT2D eigenvalue weighted by Crippen LogP contribution is 2.23. The van der Waals surface area contributed by atoms with Gasteiger partial charge in [-0.25, -0.2) is 0 Å². The number of nitrogens with one attached hydrogen (secondary N) is 1. The van der Waals surface area contributed by atoms with Gasteiger partial charge in [-0.05, 0) is 30.7 Å². The molecule has 0 bridgehead atoms. The van der Waals surface area contributed by atoms with Crippen LogP contribution in [0.5, 0.6) is 5.75 Å². The van der Waals surface area contributed by atoms with E-state index in [1.54, 1.807) is 12.4 Å². The van der Waals surface area contributed by atoms with E-state index in [1.807, 2.05) is 43.3 Å². The highest BCUT2D eigenvalue weighted by Gasteiger charge is 2.07. The van der Waals surface area contributed by atoms with Crippen LogP contribution in [0.25, 0.3) is 0 Å².